The van der Waals surface area contributed by atoms with Gasteiger partial charge in [-0.25, -0.2) is 0 Å². The smallest absolute Gasteiger partial charge is 0.119 e. The maximum Gasteiger partial charge on any atom is 0.119 e. The van der Waals surface area contributed by atoms with Gasteiger partial charge in [0.2, 0.25) is 0 Å². The van der Waals surface area contributed by atoms with Crippen LogP contribution in [0.5, 0.6) is 5.75 Å². The molecule has 0 spiro atoms. The van der Waals surface area contributed by atoms with E-state index in [9.17, 15) is 0 Å². The average Bonchev–Trinajstić information content (AvgIpc) is 2.37. The van der Waals surface area contributed by atoms with E-state index in [1.165, 1.54) is 36.8 Å². The fourth-order valence-corrected chi connectivity index (χ4v) is 3.41. The number of ether oxygens (including phenoxy) is 1. The van der Waals surface area contributed by atoms with E-state index in [1.807, 2.05) is 6.07 Å². The van der Waals surface area contributed by atoms with Crippen LogP contribution in [0.2, 0.25) is 0 Å². The molecule has 1 atom stereocenters. The molecule has 1 nitrogen and oxygen atoms in total. The minimum Gasteiger partial charge on any atom is -0.497 e. The molecule has 1 aromatic carbocycles. The number of methoxy groups -OCH3 is 1. The van der Waals surface area contributed by atoms with Crippen molar-refractivity contribution in [1.82, 2.24) is 0 Å². The number of aryl methyl sites for hydroxylation is 1. The van der Waals surface area contributed by atoms with E-state index in [-0.39, 0.29) is 0 Å². The first-order chi connectivity index (χ1) is 9.03. The number of hydrogen-bond acceptors (Lipinski definition) is 1. The summed E-state index contributed by atoms with van der Waals surface area (Å²) in [6, 6.07) is 8.43. The van der Waals surface area contributed by atoms with Crippen molar-refractivity contribution in [3.8, 4) is 5.75 Å². The van der Waals surface area contributed by atoms with Gasteiger partial charge < -0.3 is 4.74 Å². The molecule has 1 aliphatic carbocycles. The van der Waals surface area contributed by atoms with Gasteiger partial charge in [-0.15, -0.1) is 0 Å². The second kappa shape index (κ2) is 5.81. The third-order valence-corrected chi connectivity index (χ3v) is 4.61. The fraction of sp³-hybridized carbons (Fsp3) is 0.556. The van der Waals surface area contributed by atoms with Crippen molar-refractivity contribution in [3.05, 3.63) is 42.0 Å². The van der Waals surface area contributed by atoms with Gasteiger partial charge in [0.25, 0.3) is 0 Å². The van der Waals surface area contributed by atoms with E-state index in [0.717, 1.165) is 12.2 Å². The van der Waals surface area contributed by atoms with Crippen LogP contribution in [0, 0.1) is 11.3 Å². The van der Waals surface area contributed by atoms with Crippen molar-refractivity contribution in [3.63, 3.8) is 0 Å². The lowest BCUT2D eigenvalue weighted by Crippen LogP contribution is -2.29. The summed E-state index contributed by atoms with van der Waals surface area (Å²) < 4.78 is 5.29. The Morgan fingerprint density at radius 2 is 2.16 bits per heavy atom. The van der Waals surface area contributed by atoms with E-state index >= 15 is 0 Å². The lowest BCUT2D eigenvalue weighted by atomic mass is 9.65. The highest BCUT2D eigenvalue weighted by atomic mass is 16.5. The molecule has 0 aliphatic heterocycles. The normalized spacial score (nSPS) is 22.3. The van der Waals surface area contributed by atoms with Gasteiger partial charge in [-0.2, -0.15) is 0 Å². The first-order valence-electron chi connectivity index (χ1n) is 7.33. The zero-order valence-corrected chi connectivity index (χ0v) is 12.5. The van der Waals surface area contributed by atoms with Crippen molar-refractivity contribution in [1.29, 1.82) is 0 Å². The van der Waals surface area contributed by atoms with Crippen LogP contribution in [0.25, 0.3) is 0 Å². The minimum atomic E-state index is 0.411. The van der Waals surface area contributed by atoms with Gasteiger partial charge >= 0.3 is 0 Å². The topological polar surface area (TPSA) is 9.23 Å². The van der Waals surface area contributed by atoms with Gasteiger partial charge in [0.1, 0.15) is 5.75 Å². The van der Waals surface area contributed by atoms with Gasteiger partial charge in [-0.1, -0.05) is 38.1 Å². The maximum absolute atomic E-state index is 5.29. The second-order valence-corrected chi connectivity index (χ2v) is 6.44. The third kappa shape index (κ3) is 3.40. The summed E-state index contributed by atoms with van der Waals surface area (Å²) in [4.78, 5) is 0. The molecule has 0 N–H and O–H groups in total. The van der Waals surface area contributed by atoms with Gasteiger partial charge in [-0.05, 0) is 61.1 Å². The molecule has 1 saturated carbocycles. The van der Waals surface area contributed by atoms with Crippen LogP contribution < -0.4 is 4.74 Å². The second-order valence-electron chi connectivity index (χ2n) is 6.44. The molecule has 1 aliphatic rings. The third-order valence-electron chi connectivity index (χ3n) is 4.61. The summed E-state index contributed by atoms with van der Waals surface area (Å²) in [6.07, 6.45) is 6.17. The van der Waals surface area contributed by atoms with Crippen molar-refractivity contribution in [2.45, 2.75) is 46.0 Å². The Bertz CT molecular complexity index is 445. The average molecular weight is 258 g/mol. The zero-order chi connectivity index (χ0) is 13.9. The molecule has 0 bridgehead atoms. The Morgan fingerprint density at radius 3 is 2.84 bits per heavy atom. The Kier molecular flexibility index (Phi) is 4.34. The molecule has 2 rings (SSSR count). The SMILES string of the molecule is C=C1CCCC(C)(C)C1CCc1cccc(OC)c1. The van der Waals surface area contributed by atoms with Crippen LogP contribution in [0.4, 0.5) is 0 Å². The van der Waals surface area contributed by atoms with Crippen LogP contribution in [0.15, 0.2) is 36.4 Å². The van der Waals surface area contributed by atoms with Crippen LogP contribution in [-0.2, 0) is 6.42 Å². The Labute approximate surface area is 117 Å². The molecule has 19 heavy (non-hydrogen) atoms. The highest BCUT2D eigenvalue weighted by Gasteiger charge is 2.33. The minimum absolute atomic E-state index is 0.411. The highest BCUT2D eigenvalue weighted by Crippen LogP contribution is 2.45. The number of rotatable bonds is 4. The molecule has 104 valence electrons. The summed E-state index contributed by atoms with van der Waals surface area (Å²) >= 11 is 0. The zero-order valence-electron chi connectivity index (χ0n) is 12.5. The molecule has 0 amide bonds. The number of hydrogen-bond donors (Lipinski definition) is 0. The Morgan fingerprint density at radius 1 is 1.37 bits per heavy atom. The molecule has 1 aromatic rings. The summed E-state index contributed by atoms with van der Waals surface area (Å²) in [5.41, 5.74) is 3.24. The fourth-order valence-electron chi connectivity index (χ4n) is 3.41. The molecule has 1 heteroatoms. The molecule has 1 unspecified atom stereocenters. The predicted octanol–water partition coefficient (Wildman–Crippen LogP) is 5.01. The van der Waals surface area contributed by atoms with E-state index in [0.29, 0.717) is 11.3 Å². The Hall–Kier alpha value is -1.24. The summed E-state index contributed by atoms with van der Waals surface area (Å²) in [5.74, 6) is 1.62. The van der Waals surface area contributed by atoms with Crippen LogP contribution in [-0.4, -0.2) is 7.11 Å². The Balaban J connectivity index is 2.02. The van der Waals surface area contributed by atoms with Gasteiger partial charge in [0.15, 0.2) is 0 Å². The van der Waals surface area contributed by atoms with E-state index in [4.69, 9.17) is 4.74 Å². The number of allylic oxidation sites excluding steroid dienone is 1. The van der Waals surface area contributed by atoms with Crippen LogP contribution in [0.1, 0.15) is 45.1 Å². The summed E-state index contributed by atoms with van der Waals surface area (Å²) in [6.45, 7) is 9.11. The quantitative estimate of drug-likeness (QED) is 0.690. The van der Waals surface area contributed by atoms with Crippen LogP contribution in [0.3, 0.4) is 0 Å². The lowest BCUT2D eigenvalue weighted by Gasteiger charge is -2.40. The lowest BCUT2D eigenvalue weighted by molar-refractivity contribution is 0.180. The molecular formula is C18H26O. The standard InChI is InChI=1S/C18H26O/c1-14-7-6-12-18(2,3)17(14)11-10-15-8-5-9-16(13-15)19-4/h5,8-9,13,17H,1,6-7,10-12H2,2-4H3. The van der Waals surface area contributed by atoms with Crippen molar-refractivity contribution in [2.75, 3.05) is 7.11 Å². The molecule has 0 aromatic heterocycles. The van der Waals surface area contributed by atoms with Crippen molar-refractivity contribution >= 4 is 0 Å². The predicted molar refractivity (Wildman–Crippen MR) is 81.6 cm³/mol. The van der Waals surface area contributed by atoms with Gasteiger partial charge in [0, 0.05) is 0 Å². The first-order valence-corrected chi connectivity index (χ1v) is 7.33. The van der Waals surface area contributed by atoms with Crippen molar-refractivity contribution in [2.24, 2.45) is 11.3 Å². The summed E-state index contributed by atoms with van der Waals surface area (Å²) in [5, 5.41) is 0. The molecule has 0 radical (unpaired) electrons. The molecule has 0 heterocycles. The van der Waals surface area contributed by atoms with Gasteiger partial charge in [-0.3, -0.25) is 0 Å². The summed E-state index contributed by atoms with van der Waals surface area (Å²) in [7, 11) is 1.73. The highest BCUT2D eigenvalue weighted by molar-refractivity contribution is 5.28. The monoisotopic (exact) mass is 258 g/mol. The van der Waals surface area contributed by atoms with Crippen LogP contribution >= 0.6 is 0 Å². The first kappa shape index (κ1) is 14.2. The molecular weight excluding hydrogens is 232 g/mol. The van der Waals surface area contributed by atoms with Gasteiger partial charge in [0.05, 0.1) is 7.11 Å². The van der Waals surface area contributed by atoms with Crippen molar-refractivity contribution < 1.29 is 4.74 Å². The molecule has 0 saturated heterocycles. The van der Waals surface area contributed by atoms with E-state index < -0.39 is 0 Å². The molecule has 1 fully saturated rings. The van der Waals surface area contributed by atoms with E-state index in [1.54, 1.807) is 7.11 Å². The maximum atomic E-state index is 5.29. The van der Waals surface area contributed by atoms with E-state index in [2.05, 4.69) is 38.6 Å². The number of benzene rings is 1. The largest absolute Gasteiger partial charge is 0.497 e.